The highest BCUT2D eigenvalue weighted by Crippen LogP contribution is 2.24. The van der Waals surface area contributed by atoms with Crippen molar-refractivity contribution in [3.8, 4) is 0 Å². The SMILES string of the molecule is CC(C)(C)c1ccc(Nc2nnc(CN)o2)cc1. The Morgan fingerprint density at radius 2 is 1.83 bits per heavy atom. The Morgan fingerprint density at radius 1 is 1.17 bits per heavy atom. The van der Waals surface area contributed by atoms with Crippen LogP contribution in [0.2, 0.25) is 0 Å². The highest BCUT2D eigenvalue weighted by molar-refractivity contribution is 5.52. The molecule has 0 amide bonds. The van der Waals surface area contributed by atoms with Crippen molar-refractivity contribution in [3.63, 3.8) is 0 Å². The van der Waals surface area contributed by atoms with Crippen molar-refractivity contribution in [1.29, 1.82) is 0 Å². The van der Waals surface area contributed by atoms with Crippen molar-refractivity contribution < 1.29 is 4.42 Å². The third-order valence-corrected chi connectivity index (χ3v) is 2.64. The molecule has 5 heteroatoms. The molecule has 0 bridgehead atoms. The largest absolute Gasteiger partial charge is 0.406 e. The van der Waals surface area contributed by atoms with E-state index in [0.29, 0.717) is 11.9 Å². The molecule has 96 valence electrons. The van der Waals surface area contributed by atoms with Gasteiger partial charge in [-0.1, -0.05) is 38.0 Å². The molecule has 1 aromatic carbocycles. The first-order chi connectivity index (χ1) is 8.49. The average Bonchev–Trinajstić information content (AvgIpc) is 2.76. The van der Waals surface area contributed by atoms with Gasteiger partial charge in [0.15, 0.2) is 0 Å². The molecule has 2 rings (SSSR count). The highest BCUT2D eigenvalue weighted by Gasteiger charge is 2.13. The number of benzene rings is 1. The number of nitrogens with two attached hydrogens (primary N) is 1. The second kappa shape index (κ2) is 4.78. The Kier molecular flexibility index (Phi) is 3.34. The molecule has 0 aliphatic heterocycles. The smallest absolute Gasteiger partial charge is 0.320 e. The van der Waals surface area contributed by atoms with Gasteiger partial charge in [0.2, 0.25) is 5.89 Å². The number of hydrogen-bond donors (Lipinski definition) is 2. The first-order valence-corrected chi connectivity index (χ1v) is 5.89. The van der Waals surface area contributed by atoms with E-state index in [4.69, 9.17) is 10.2 Å². The predicted octanol–water partition coefficient (Wildman–Crippen LogP) is 2.57. The summed E-state index contributed by atoms with van der Waals surface area (Å²) in [5, 5.41) is 10.7. The van der Waals surface area contributed by atoms with Crippen LogP contribution >= 0.6 is 0 Å². The van der Waals surface area contributed by atoms with Crippen LogP contribution in [0.15, 0.2) is 28.7 Å². The second-order valence-electron chi connectivity index (χ2n) is 5.16. The van der Waals surface area contributed by atoms with Gasteiger partial charge in [0.05, 0.1) is 6.54 Å². The fraction of sp³-hybridized carbons (Fsp3) is 0.385. The number of rotatable bonds is 3. The van der Waals surface area contributed by atoms with Crippen molar-refractivity contribution in [2.45, 2.75) is 32.7 Å². The molecule has 1 aromatic heterocycles. The summed E-state index contributed by atoms with van der Waals surface area (Å²) in [6.45, 7) is 6.79. The normalized spacial score (nSPS) is 11.6. The Bertz CT molecular complexity index is 511. The van der Waals surface area contributed by atoms with Crippen LogP contribution in [0.1, 0.15) is 32.2 Å². The zero-order valence-corrected chi connectivity index (χ0v) is 10.9. The van der Waals surface area contributed by atoms with Crippen LogP contribution in [0.25, 0.3) is 0 Å². The Labute approximate surface area is 106 Å². The van der Waals surface area contributed by atoms with Gasteiger partial charge in [0.25, 0.3) is 0 Å². The van der Waals surface area contributed by atoms with Crippen LogP contribution in [-0.4, -0.2) is 10.2 Å². The molecular weight excluding hydrogens is 228 g/mol. The summed E-state index contributed by atoms with van der Waals surface area (Å²) in [4.78, 5) is 0. The maximum Gasteiger partial charge on any atom is 0.320 e. The van der Waals surface area contributed by atoms with Crippen molar-refractivity contribution in [2.24, 2.45) is 5.73 Å². The van der Waals surface area contributed by atoms with Gasteiger partial charge in [-0.15, -0.1) is 5.10 Å². The van der Waals surface area contributed by atoms with Gasteiger partial charge in [-0.05, 0) is 23.1 Å². The summed E-state index contributed by atoms with van der Waals surface area (Å²) in [5.41, 5.74) is 7.74. The van der Waals surface area contributed by atoms with Crippen LogP contribution in [0.3, 0.4) is 0 Å². The van der Waals surface area contributed by atoms with Crippen molar-refractivity contribution in [2.75, 3.05) is 5.32 Å². The third kappa shape index (κ3) is 2.87. The molecular formula is C13H18N4O. The summed E-state index contributed by atoms with van der Waals surface area (Å²) in [6.07, 6.45) is 0. The molecule has 0 radical (unpaired) electrons. The van der Waals surface area contributed by atoms with Gasteiger partial charge >= 0.3 is 6.01 Å². The van der Waals surface area contributed by atoms with Crippen LogP contribution in [-0.2, 0) is 12.0 Å². The van der Waals surface area contributed by atoms with Crippen LogP contribution < -0.4 is 11.1 Å². The highest BCUT2D eigenvalue weighted by atomic mass is 16.4. The first-order valence-electron chi connectivity index (χ1n) is 5.89. The van der Waals surface area contributed by atoms with E-state index >= 15 is 0 Å². The third-order valence-electron chi connectivity index (χ3n) is 2.64. The van der Waals surface area contributed by atoms with Crippen molar-refractivity contribution in [1.82, 2.24) is 10.2 Å². The molecule has 5 nitrogen and oxygen atoms in total. The topological polar surface area (TPSA) is 77.0 Å². The quantitative estimate of drug-likeness (QED) is 0.870. The van der Waals surface area contributed by atoms with Crippen LogP contribution in [0, 0.1) is 0 Å². The summed E-state index contributed by atoms with van der Waals surface area (Å²) < 4.78 is 5.28. The molecule has 0 atom stereocenters. The zero-order valence-electron chi connectivity index (χ0n) is 10.9. The van der Waals surface area contributed by atoms with E-state index in [1.165, 1.54) is 5.56 Å². The fourth-order valence-electron chi connectivity index (χ4n) is 1.56. The lowest BCUT2D eigenvalue weighted by atomic mass is 9.87. The summed E-state index contributed by atoms with van der Waals surface area (Å²) in [6, 6.07) is 8.52. The number of hydrogen-bond acceptors (Lipinski definition) is 5. The lowest BCUT2D eigenvalue weighted by Gasteiger charge is -2.19. The van der Waals surface area contributed by atoms with E-state index in [1.54, 1.807) is 0 Å². The number of aromatic nitrogens is 2. The molecule has 0 aliphatic carbocycles. The molecule has 2 aromatic rings. The molecule has 1 heterocycles. The van der Waals surface area contributed by atoms with E-state index in [1.807, 2.05) is 12.1 Å². The monoisotopic (exact) mass is 246 g/mol. The maximum atomic E-state index is 5.40. The average molecular weight is 246 g/mol. The maximum absolute atomic E-state index is 5.40. The number of nitrogens with zero attached hydrogens (tertiary/aromatic N) is 2. The standard InChI is InChI=1S/C13H18N4O/c1-13(2,3)9-4-6-10(7-5-9)15-12-17-16-11(8-14)18-12/h4-7H,8,14H2,1-3H3,(H,15,17). The van der Waals surface area contributed by atoms with Gasteiger partial charge in [0, 0.05) is 5.69 Å². The molecule has 3 N–H and O–H groups in total. The van der Waals surface area contributed by atoms with E-state index in [-0.39, 0.29) is 12.0 Å². The molecule has 0 saturated heterocycles. The Balaban J connectivity index is 2.11. The lowest BCUT2D eigenvalue weighted by Crippen LogP contribution is -2.10. The van der Waals surface area contributed by atoms with Crippen molar-refractivity contribution >= 4 is 11.7 Å². The second-order valence-corrected chi connectivity index (χ2v) is 5.16. The number of anilines is 2. The first kappa shape index (κ1) is 12.6. The van der Waals surface area contributed by atoms with Gasteiger partial charge in [0.1, 0.15) is 0 Å². The molecule has 0 saturated carbocycles. The van der Waals surface area contributed by atoms with Gasteiger partial charge in [-0.25, -0.2) is 0 Å². The molecule has 0 fully saturated rings. The molecule has 0 spiro atoms. The Morgan fingerprint density at radius 3 is 2.33 bits per heavy atom. The minimum Gasteiger partial charge on any atom is -0.406 e. The number of nitrogens with one attached hydrogen (secondary N) is 1. The van der Waals surface area contributed by atoms with Crippen LogP contribution in [0.4, 0.5) is 11.7 Å². The molecule has 0 aliphatic rings. The van der Waals surface area contributed by atoms with E-state index < -0.39 is 0 Å². The summed E-state index contributed by atoms with van der Waals surface area (Å²) in [7, 11) is 0. The van der Waals surface area contributed by atoms with Gasteiger partial charge in [-0.2, -0.15) is 0 Å². The van der Waals surface area contributed by atoms with Gasteiger partial charge < -0.3 is 15.5 Å². The van der Waals surface area contributed by atoms with E-state index in [9.17, 15) is 0 Å². The summed E-state index contributed by atoms with van der Waals surface area (Å²) in [5.74, 6) is 0.420. The van der Waals surface area contributed by atoms with Crippen molar-refractivity contribution in [3.05, 3.63) is 35.7 Å². The summed E-state index contributed by atoms with van der Waals surface area (Å²) >= 11 is 0. The fourth-order valence-corrected chi connectivity index (χ4v) is 1.56. The van der Waals surface area contributed by atoms with Gasteiger partial charge in [-0.3, -0.25) is 0 Å². The minimum atomic E-state index is 0.149. The Hall–Kier alpha value is -1.88. The minimum absolute atomic E-state index is 0.149. The predicted molar refractivity (Wildman–Crippen MR) is 70.6 cm³/mol. The van der Waals surface area contributed by atoms with E-state index in [0.717, 1.165) is 5.69 Å². The molecule has 0 unspecified atom stereocenters. The lowest BCUT2D eigenvalue weighted by molar-refractivity contribution is 0.511. The van der Waals surface area contributed by atoms with Crippen LogP contribution in [0.5, 0.6) is 0 Å². The zero-order chi connectivity index (χ0) is 13.2. The molecule has 18 heavy (non-hydrogen) atoms. The van der Waals surface area contributed by atoms with E-state index in [2.05, 4.69) is 48.4 Å².